The van der Waals surface area contributed by atoms with E-state index in [4.69, 9.17) is 0 Å². The largest absolute Gasteiger partial charge is 0.312 e. The molecule has 1 atom stereocenters. The van der Waals surface area contributed by atoms with Gasteiger partial charge >= 0.3 is 0 Å². The maximum atomic E-state index is 3.67. The third-order valence-corrected chi connectivity index (χ3v) is 3.80. The molecule has 0 heterocycles. The molecule has 1 aromatic carbocycles. The van der Waals surface area contributed by atoms with Crippen molar-refractivity contribution >= 4 is 0 Å². The molecule has 0 saturated heterocycles. The summed E-state index contributed by atoms with van der Waals surface area (Å²) in [6.07, 6.45) is 4.10. The minimum atomic E-state index is 0.237. The Balaban J connectivity index is 1.92. The van der Waals surface area contributed by atoms with E-state index in [2.05, 4.69) is 57.3 Å². The molecule has 1 aromatic rings. The molecule has 1 nitrogen and oxygen atoms in total. The van der Waals surface area contributed by atoms with Crippen molar-refractivity contribution in [3.63, 3.8) is 0 Å². The van der Waals surface area contributed by atoms with E-state index in [1.54, 1.807) is 0 Å². The molecular formula is C17H27N. The summed E-state index contributed by atoms with van der Waals surface area (Å²) in [6.45, 7) is 10.1. The third-order valence-electron chi connectivity index (χ3n) is 3.80. The fourth-order valence-corrected chi connectivity index (χ4v) is 2.44. The van der Waals surface area contributed by atoms with E-state index < -0.39 is 0 Å². The second-order valence-corrected chi connectivity index (χ2v) is 6.92. The van der Waals surface area contributed by atoms with E-state index in [9.17, 15) is 0 Å². The van der Waals surface area contributed by atoms with Gasteiger partial charge in [0.1, 0.15) is 0 Å². The van der Waals surface area contributed by atoms with Crippen LogP contribution in [-0.4, -0.2) is 12.1 Å². The van der Waals surface area contributed by atoms with Crippen molar-refractivity contribution in [1.29, 1.82) is 0 Å². The summed E-state index contributed by atoms with van der Waals surface area (Å²) in [5.74, 6) is 1.77. The van der Waals surface area contributed by atoms with Crippen LogP contribution >= 0.6 is 0 Å². The van der Waals surface area contributed by atoms with Gasteiger partial charge < -0.3 is 5.32 Å². The highest BCUT2D eigenvalue weighted by Gasteiger charge is 2.31. The van der Waals surface area contributed by atoms with Gasteiger partial charge in [-0.1, -0.05) is 29.8 Å². The molecule has 0 aliphatic heterocycles. The zero-order valence-corrected chi connectivity index (χ0v) is 12.3. The van der Waals surface area contributed by atoms with Crippen molar-refractivity contribution in [2.24, 2.45) is 11.8 Å². The van der Waals surface area contributed by atoms with E-state index in [0.717, 1.165) is 18.4 Å². The average molecular weight is 245 g/mol. The van der Waals surface area contributed by atoms with Crippen LogP contribution in [-0.2, 0) is 6.42 Å². The van der Waals surface area contributed by atoms with Crippen LogP contribution in [0.15, 0.2) is 24.3 Å². The molecule has 100 valence electrons. The smallest absolute Gasteiger partial charge is 0.00966 e. The Labute approximate surface area is 112 Å². The van der Waals surface area contributed by atoms with E-state index in [-0.39, 0.29) is 5.54 Å². The molecule has 0 spiro atoms. The third kappa shape index (κ3) is 4.45. The fraction of sp³-hybridized carbons (Fsp3) is 0.647. The molecule has 0 radical (unpaired) electrons. The molecule has 1 heteroatoms. The summed E-state index contributed by atoms with van der Waals surface area (Å²) in [5.41, 5.74) is 3.09. The quantitative estimate of drug-likeness (QED) is 0.828. The van der Waals surface area contributed by atoms with Gasteiger partial charge in [0.05, 0.1) is 0 Å². The number of aryl methyl sites for hydroxylation is 1. The number of benzene rings is 1. The second-order valence-electron chi connectivity index (χ2n) is 6.92. The Kier molecular flexibility index (Phi) is 4.11. The van der Waals surface area contributed by atoms with Crippen molar-refractivity contribution in [3.05, 3.63) is 35.4 Å². The molecule has 18 heavy (non-hydrogen) atoms. The van der Waals surface area contributed by atoms with Crippen LogP contribution in [0.5, 0.6) is 0 Å². The fourth-order valence-electron chi connectivity index (χ4n) is 2.44. The van der Waals surface area contributed by atoms with E-state index in [1.165, 1.54) is 30.4 Å². The van der Waals surface area contributed by atoms with Crippen molar-refractivity contribution in [3.8, 4) is 0 Å². The van der Waals surface area contributed by atoms with Gasteiger partial charge in [-0.3, -0.25) is 0 Å². The lowest BCUT2D eigenvalue weighted by Crippen LogP contribution is -2.40. The monoisotopic (exact) mass is 245 g/mol. The summed E-state index contributed by atoms with van der Waals surface area (Å²) >= 11 is 0. The lowest BCUT2D eigenvalue weighted by atomic mass is 9.93. The van der Waals surface area contributed by atoms with Gasteiger partial charge in [-0.2, -0.15) is 0 Å². The van der Waals surface area contributed by atoms with Gasteiger partial charge in [0, 0.05) is 5.54 Å². The molecule has 1 fully saturated rings. The average Bonchev–Trinajstić information content (AvgIpc) is 3.09. The van der Waals surface area contributed by atoms with Crippen LogP contribution in [0.1, 0.15) is 44.7 Å². The minimum Gasteiger partial charge on any atom is -0.312 e. The van der Waals surface area contributed by atoms with Gasteiger partial charge in [0.15, 0.2) is 0 Å². The van der Waals surface area contributed by atoms with Crippen LogP contribution in [0.25, 0.3) is 0 Å². The summed E-state index contributed by atoms with van der Waals surface area (Å²) in [7, 11) is 0. The summed E-state index contributed by atoms with van der Waals surface area (Å²) in [5, 5.41) is 3.67. The van der Waals surface area contributed by atoms with E-state index in [0.29, 0.717) is 0 Å². The zero-order valence-electron chi connectivity index (χ0n) is 12.3. The minimum absolute atomic E-state index is 0.237. The van der Waals surface area contributed by atoms with Crippen LogP contribution in [0.2, 0.25) is 0 Å². The Morgan fingerprint density at radius 2 is 1.78 bits per heavy atom. The number of rotatable bonds is 5. The van der Waals surface area contributed by atoms with Crippen molar-refractivity contribution in [2.45, 2.75) is 52.5 Å². The standard InChI is InChI=1S/C17H27N/c1-13-5-7-14(8-6-13)11-16(15-9-10-15)12-18-17(2,3)4/h5-8,15-16,18H,9-12H2,1-4H3. The zero-order chi connectivity index (χ0) is 13.2. The predicted molar refractivity (Wildman–Crippen MR) is 78.9 cm³/mol. The first-order valence-electron chi connectivity index (χ1n) is 7.24. The van der Waals surface area contributed by atoms with Gasteiger partial charge in [0.2, 0.25) is 0 Å². The highest BCUT2D eigenvalue weighted by atomic mass is 14.9. The SMILES string of the molecule is Cc1ccc(CC(CNC(C)(C)C)C2CC2)cc1. The van der Waals surface area contributed by atoms with Gasteiger partial charge in [-0.15, -0.1) is 0 Å². The highest BCUT2D eigenvalue weighted by Crippen LogP contribution is 2.38. The molecule has 0 aromatic heterocycles. The van der Waals surface area contributed by atoms with E-state index in [1.807, 2.05) is 0 Å². The van der Waals surface area contributed by atoms with Gasteiger partial charge in [0.25, 0.3) is 0 Å². The maximum absolute atomic E-state index is 3.67. The topological polar surface area (TPSA) is 12.0 Å². The summed E-state index contributed by atoms with van der Waals surface area (Å²) in [4.78, 5) is 0. The molecule has 0 amide bonds. The van der Waals surface area contributed by atoms with Crippen molar-refractivity contribution < 1.29 is 0 Å². The molecule has 1 aliphatic rings. The Morgan fingerprint density at radius 3 is 2.28 bits per heavy atom. The van der Waals surface area contributed by atoms with Crippen LogP contribution in [0.4, 0.5) is 0 Å². The first kappa shape index (κ1) is 13.6. The Morgan fingerprint density at radius 1 is 1.17 bits per heavy atom. The van der Waals surface area contributed by atoms with Crippen molar-refractivity contribution in [2.75, 3.05) is 6.54 Å². The molecule has 0 bridgehead atoms. The first-order valence-corrected chi connectivity index (χ1v) is 7.24. The van der Waals surface area contributed by atoms with Crippen LogP contribution in [0, 0.1) is 18.8 Å². The van der Waals surface area contributed by atoms with E-state index >= 15 is 0 Å². The normalized spacial score (nSPS) is 17.8. The molecule has 1 N–H and O–H groups in total. The summed E-state index contributed by atoms with van der Waals surface area (Å²) < 4.78 is 0. The maximum Gasteiger partial charge on any atom is 0.00966 e. The second kappa shape index (κ2) is 5.44. The van der Waals surface area contributed by atoms with Crippen LogP contribution < -0.4 is 5.32 Å². The van der Waals surface area contributed by atoms with Crippen molar-refractivity contribution in [1.82, 2.24) is 5.32 Å². The molecule has 2 rings (SSSR count). The first-order chi connectivity index (χ1) is 8.44. The Bertz CT molecular complexity index is 368. The molecule has 1 saturated carbocycles. The molecule has 1 aliphatic carbocycles. The van der Waals surface area contributed by atoms with Crippen LogP contribution in [0.3, 0.4) is 0 Å². The lowest BCUT2D eigenvalue weighted by Gasteiger charge is -2.25. The summed E-state index contributed by atoms with van der Waals surface area (Å²) in [6, 6.07) is 9.05. The number of hydrogen-bond donors (Lipinski definition) is 1. The Hall–Kier alpha value is -0.820. The molecule has 1 unspecified atom stereocenters. The molecular weight excluding hydrogens is 218 g/mol. The highest BCUT2D eigenvalue weighted by molar-refractivity contribution is 5.22. The number of nitrogens with one attached hydrogen (secondary N) is 1. The van der Waals surface area contributed by atoms with Gasteiger partial charge in [-0.25, -0.2) is 0 Å². The lowest BCUT2D eigenvalue weighted by molar-refractivity contribution is 0.346. The number of hydrogen-bond acceptors (Lipinski definition) is 1. The predicted octanol–water partition coefficient (Wildman–Crippen LogP) is 3.95. The van der Waals surface area contributed by atoms with Gasteiger partial charge in [-0.05, 0) is 70.9 Å².